The molecule has 0 unspecified atom stereocenters. The van der Waals surface area contributed by atoms with Crippen molar-refractivity contribution in [1.29, 1.82) is 0 Å². The Balaban J connectivity index is 2.46. The van der Waals surface area contributed by atoms with Crippen LogP contribution in [0.15, 0.2) is 17.6 Å². The highest BCUT2D eigenvalue weighted by atomic mass is 32.1. The first-order chi connectivity index (χ1) is 5.95. The Morgan fingerprint density at radius 2 is 2.42 bits per heavy atom. The van der Waals surface area contributed by atoms with Gasteiger partial charge in [0.05, 0.1) is 21.4 Å². The Morgan fingerprint density at radius 3 is 3.42 bits per heavy atom. The van der Waals surface area contributed by atoms with Gasteiger partial charge in [-0.3, -0.25) is 0 Å². The first kappa shape index (κ1) is 6.39. The SMILES string of the molecule is c1nc2c3c(ccc2s1)NNC3. The van der Waals surface area contributed by atoms with Crippen molar-refractivity contribution < 1.29 is 0 Å². The predicted molar refractivity (Wildman–Crippen MR) is 50.1 cm³/mol. The second-order valence-corrected chi connectivity index (χ2v) is 3.66. The summed E-state index contributed by atoms with van der Waals surface area (Å²) in [5, 5.41) is 0. The minimum atomic E-state index is 0.871. The molecule has 0 bridgehead atoms. The van der Waals surface area contributed by atoms with Crippen LogP contribution >= 0.6 is 11.3 Å². The van der Waals surface area contributed by atoms with E-state index in [1.807, 2.05) is 5.51 Å². The molecule has 1 aliphatic rings. The average Bonchev–Trinajstić information content (AvgIpc) is 2.71. The molecule has 1 aromatic carbocycles. The summed E-state index contributed by atoms with van der Waals surface area (Å²) in [6.45, 7) is 0.871. The van der Waals surface area contributed by atoms with Crippen LogP contribution in [-0.2, 0) is 6.54 Å². The third-order valence-electron chi connectivity index (χ3n) is 2.10. The molecule has 0 fully saturated rings. The molecule has 0 saturated carbocycles. The van der Waals surface area contributed by atoms with Gasteiger partial charge in [-0.25, -0.2) is 10.4 Å². The van der Waals surface area contributed by atoms with Gasteiger partial charge in [-0.1, -0.05) is 0 Å². The van der Waals surface area contributed by atoms with Crippen molar-refractivity contribution in [3.05, 3.63) is 23.2 Å². The first-order valence-electron chi connectivity index (χ1n) is 3.79. The molecule has 1 aliphatic heterocycles. The van der Waals surface area contributed by atoms with E-state index >= 15 is 0 Å². The topological polar surface area (TPSA) is 37.0 Å². The molecular formula is C8H7N3S. The fourth-order valence-electron chi connectivity index (χ4n) is 1.51. The monoisotopic (exact) mass is 177 g/mol. The van der Waals surface area contributed by atoms with Crippen molar-refractivity contribution in [2.24, 2.45) is 0 Å². The standard InChI is InChI=1S/C8H7N3S/c1-2-7-8(9-4-12-7)5-3-10-11-6(1)5/h1-2,4,10-11H,3H2. The first-order valence-corrected chi connectivity index (χ1v) is 4.67. The van der Waals surface area contributed by atoms with Gasteiger partial charge in [-0.05, 0) is 12.1 Å². The molecule has 2 N–H and O–H groups in total. The van der Waals surface area contributed by atoms with Crippen molar-refractivity contribution in [1.82, 2.24) is 10.4 Å². The number of rotatable bonds is 0. The molecule has 0 spiro atoms. The summed E-state index contributed by atoms with van der Waals surface area (Å²) in [5.41, 5.74) is 11.7. The Bertz CT molecular complexity index is 435. The van der Waals surface area contributed by atoms with Gasteiger partial charge >= 0.3 is 0 Å². The van der Waals surface area contributed by atoms with E-state index in [4.69, 9.17) is 0 Å². The van der Waals surface area contributed by atoms with Crippen LogP contribution in [0.4, 0.5) is 5.69 Å². The second-order valence-electron chi connectivity index (χ2n) is 2.77. The van der Waals surface area contributed by atoms with E-state index < -0.39 is 0 Å². The summed E-state index contributed by atoms with van der Waals surface area (Å²) in [4.78, 5) is 4.33. The van der Waals surface area contributed by atoms with E-state index in [1.54, 1.807) is 11.3 Å². The van der Waals surface area contributed by atoms with Crippen LogP contribution in [0.2, 0.25) is 0 Å². The van der Waals surface area contributed by atoms with Gasteiger partial charge in [0.1, 0.15) is 0 Å². The molecule has 1 aromatic heterocycles. The lowest BCUT2D eigenvalue weighted by Gasteiger charge is -1.96. The van der Waals surface area contributed by atoms with E-state index in [9.17, 15) is 0 Å². The lowest BCUT2D eigenvalue weighted by molar-refractivity contribution is 0.862. The van der Waals surface area contributed by atoms with Gasteiger partial charge in [0, 0.05) is 12.1 Å². The van der Waals surface area contributed by atoms with Crippen LogP contribution in [0.3, 0.4) is 0 Å². The molecule has 60 valence electrons. The third-order valence-corrected chi connectivity index (χ3v) is 2.89. The van der Waals surface area contributed by atoms with Crippen molar-refractivity contribution in [2.45, 2.75) is 6.54 Å². The molecule has 2 heterocycles. The van der Waals surface area contributed by atoms with Gasteiger partial charge < -0.3 is 5.43 Å². The van der Waals surface area contributed by atoms with Gasteiger partial charge in [-0.15, -0.1) is 11.3 Å². The molecule has 4 heteroatoms. The van der Waals surface area contributed by atoms with Crippen LogP contribution in [0.1, 0.15) is 5.56 Å². The van der Waals surface area contributed by atoms with E-state index in [0.29, 0.717) is 0 Å². The molecule has 0 saturated heterocycles. The number of hydrogen-bond acceptors (Lipinski definition) is 4. The van der Waals surface area contributed by atoms with E-state index in [-0.39, 0.29) is 0 Å². The molecule has 0 amide bonds. The number of hydrogen-bond donors (Lipinski definition) is 2. The third kappa shape index (κ3) is 0.707. The Hall–Kier alpha value is -1.13. The van der Waals surface area contributed by atoms with Gasteiger partial charge in [0.2, 0.25) is 0 Å². The van der Waals surface area contributed by atoms with Crippen LogP contribution in [-0.4, -0.2) is 4.98 Å². The summed E-state index contributed by atoms with van der Waals surface area (Å²) in [6.07, 6.45) is 0. The maximum Gasteiger partial charge on any atom is 0.0878 e. The largest absolute Gasteiger partial charge is 0.321 e. The quantitative estimate of drug-likeness (QED) is 0.643. The average molecular weight is 177 g/mol. The fraction of sp³-hybridized carbons (Fsp3) is 0.125. The van der Waals surface area contributed by atoms with Crippen LogP contribution in [0, 0.1) is 0 Å². The summed E-state index contributed by atoms with van der Waals surface area (Å²) in [7, 11) is 0. The maximum absolute atomic E-state index is 4.33. The smallest absolute Gasteiger partial charge is 0.0878 e. The minimum absolute atomic E-state index is 0.871. The summed E-state index contributed by atoms with van der Waals surface area (Å²) < 4.78 is 1.26. The summed E-state index contributed by atoms with van der Waals surface area (Å²) in [5.74, 6) is 0. The minimum Gasteiger partial charge on any atom is -0.321 e. The van der Waals surface area contributed by atoms with Crippen molar-refractivity contribution in [3.8, 4) is 0 Å². The maximum atomic E-state index is 4.33. The zero-order valence-corrected chi connectivity index (χ0v) is 7.11. The fourth-order valence-corrected chi connectivity index (χ4v) is 2.22. The molecule has 0 radical (unpaired) electrons. The lowest BCUT2D eigenvalue weighted by Crippen LogP contribution is -2.10. The van der Waals surface area contributed by atoms with Crippen LogP contribution in [0.5, 0.6) is 0 Å². The molecule has 3 rings (SSSR count). The molecule has 0 aliphatic carbocycles. The highest BCUT2D eigenvalue weighted by Crippen LogP contribution is 2.29. The van der Waals surface area contributed by atoms with Crippen molar-refractivity contribution in [2.75, 3.05) is 5.43 Å². The van der Waals surface area contributed by atoms with E-state index in [1.165, 1.54) is 10.3 Å². The summed E-state index contributed by atoms with van der Waals surface area (Å²) in [6, 6.07) is 4.20. The number of fused-ring (bicyclic) bond motifs is 3. The Labute approximate surface area is 73.4 Å². The van der Waals surface area contributed by atoms with E-state index in [2.05, 4.69) is 28.0 Å². The Morgan fingerprint density at radius 1 is 1.42 bits per heavy atom. The number of hydrazine groups is 1. The van der Waals surface area contributed by atoms with Gasteiger partial charge in [0.25, 0.3) is 0 Å². The van der Waals surface area contributed by atoms with Crippen molar-refractivity contribution >= 4 is 27.2 Å². The number of benzene rings is 1. The molecular weight excluding hydrogens is 170 g/mol. The zero-order chi connectivity index (χ0) is 7.97. The van der Waals surface area contributed by atoms with Crippen LogP contribution < -0.4 is 10.9 Å². The summed E-state index contributed by atoms with van der Waals surface area (Å²) >= 11 is 1.69. The number of nitrogens with one attached hydrogen (secondary N) is 2. The van der Waals surface area contributed by atoms with Crippen LogP contribution in [0.25, 0.3) is 10.2 Å². The Kier molecular flexibility index (Phi) is 1.16. The van der Waals surface area contributed by atoms with E-state index in [0.717, 1.165) is 17.7 Å². The highest BCUT2D eigenvalue weighted by molar-refractivity contribution is 7.16. The number of thiazole rings is 1. The normalized spacial score (nSPS) is 14.7. The molecule has 2 aromatic rings. The number of aromatic nitrogens is 1. The van der Waals surface area contributed by atoms with Gasteiger partial charge in [0.15, 0.2) is 0 Å². The lowest BCUT2D eigenvalue weighted by atomic mass is 10.2. The number of anilines is 1. The second kappa shape index (κ2) is 2.18. The molecule has 12 heavy (non-hydrogen) atoms. The number of nitrogens with zero attached hydrogens (tertiary/aromatic N) is 1. The van der Waals surface area contributed by atoms with Gasteiger partial charge in [-0.2, -0.15) is 0 Å². The highest BCUT2D eigenvalue weighted by Gasteiger charge is 2.13. The van der Waals surface area contributed by atoms with Crippen molar-refractivity contribution in [3.63, 3.8) is 0 Å². The predicted octanol–water partition coefficient (Wildman–Crippen LogP) is 1.73. The zero-order valence-electron chi connectivity index (χ0n) is 6.29. The molecule has 0 atom stereocenters. The molecule has 3 nitrogen and oxygen atoms in total.